The smallest absolute Gasteiger partial charge is 0.113 e. The largest absolute Gasteiger partial charge is 0.308 e. The summed E-state index contributed by atoms with van der Waals surface area (Å²) < 4.78 is 2.21. The van der Waals surface area contributed by atoms with Gasteiger partial charge in [-0.15, -0.1) is 0 Å². The Morgan fingerprint density at radius 3 is 2.65 bits per heavy atom. The van der Waals surface area contributed by atoms with Crippen LogP contribution in [0, 0.1) is 0 Å². The second-order valence-corrected chi connectivity index (χ2v) is 6.20. The Morgan fingerprint density at radius 2 is 1.95 bits per heavy atom. The van der Waals surface area contributed by atoms with Gasteiger partial charge < -0.3 is 9.88 Å². The Hall–Kier alpha value is -1.61. The van der Waals surface area contributed by atoms with Crippen molar-refractivity contribution < 1.29 is 0 Å². The van der Waals surface area contributed by atoms with Crippen LogP contribution in [0.5, 0.6) is 0 Å². The molecule has 0 radical (unpaired) electrons. The van der Waals surface area contributed by atoms with E-state index >= 15 is 0 Å². The summed E-state index contributed by atoms with van der Waals surface area (Å²) in [4.78, 5) is 4.47. The standard InChI is InChI=1S/C17H25N3/c1-5-8-16-18-11-12-20(16)15-10-7-6-9-14(15)13-19-17(2,3)4/h6-7,9-12,19H,5,8,13H2,1-4H3. The summed E-state index contributed by atoms with van der Waals surface area (Å²) >= 11 is 0. The topological polar surface area (TPSA) is 29.9 Å². The minimum atomic E-state index is 0.119. The molecule has 3 nitrogen and oxygen atoms in total. The van der Waals surface area contributed by atoms with Gasteiger partial charge in [-0.3, -0.25) is 0 Å². The molecule has 20 heavy (non-hydrogen) atoms. The maximum Gasteiger partial charge on any atom is 0.113 e. The van der Waals surface area contributed by atoms with E-state index in [-0.39, 0.29) is 5.54 Å². The van der Waals surface area contributed by atoms with E-state index in [0.717, 1.165) is 25.2 Å². The van der Waals surface area contributed by atoms with Gasteiger partial charge in [-0.1, -0.05) is 25.1 Å². The van der Waals surface area contributed by atoms with Gasteiger partial charge in [0.2, 0.25) is 0 Å². The van der Waals surface area contributed by atoms with Crippen molar-refractivity contribution in [1.29, 1.82) is 0 Å². The van der Waals surface area contributed by atoms with Crippen molar-refractivity contribution in [3.63, 3.8) is 0 Å². The number of imidazole rings is 1. The number of nitrogens with zero attached hydrogens (tertiary/aromatic N) is 2. The fourth-order valence-electron chi connectivity index (χ4n) is 2.22. The lowest BCUT2D eigenvalue weighted by molar-refractivity contribution is 0.424. The molecule has 0 bridgehead atoms. The van der Waals surface area contributed by atoms with E-state index < -0.39 is 0 Å². The maximum atomic E-state index is 4.47. The van der Waals surface area contributed by atoms with Crippen LogP contribution in [0.4, 0.5) is 0 Å². The lowest BCUT2D eigenvalue weighted by Crippen LogP contribution is -2.35. The third kappa shape index (κ3) is 3.70. The molecule has 1 heterocycles. The number of hydrogen-bond donors (Lipinski definition) is 1. The molecule has 0 atom stereocenters. The predicted octanol–water partition coefficient (Wildman–Crippen LogP) is 3.71. The fourth-order valence-corrected chi connectivity index (χ4v) is 2.22. The number of benzene rings is 1. The molecule has 108 valence electrons. The van der Waals surface area contributed by atoms with Crippen LogP contribution >= 0.6 is 0 Å². The van der Waals surface area contributed by atoms with E-state index in [0.29, 0.717) is 0 Å². The maximum absolute atomic E-state index is 4.47. The molecule has 0 saturated heterocycles. The highest BCUT2D eigenvalue weighted by Crippen LogP contribution is 2.18. The van der Waals surface area contributed by atoms with Gasteiger partial charge in [0.05, 0.1) is 5.69 Å². The lowest BCUT2D eigenvalue weighted by Gasteiger charge is -2.22. The van der Waals surface area contributed by atoms with Crippen LogP contribution in [0.3, 0.4) is 0 Å². The van der Waals surface area contributed by atoms with Gasteiger partial charge in [0.15, 0.2) is 0 Å². The van der Waals surface area contributed by atoms with Gasteiger partial charge in [-0.2, -0.15) is 0 Å². The van der Waals surface area contributed by atoms with Crippen molar-refractivity contribution in [1.82, 2.24) is 14.9 Å². The molecular weight excluding hydrogens is 246 g/mol. The van der Waals surface area contributed by atoms with E-state index in [1.165, 1.54) is 11.3 Å². The second-order valence-electron chi connectivity index (χ2n) is 6.20. The van der Waals surface area contributed by atoms with Crippen LogP contribution < -0.4 is 5.32 Å². The van der Waals surface area contributed by atoms with Gasteiger partial charge in [0, 0.05) is 30.9 Å². The highest BCUT2D eigenvalue weighted by molar-refractivity contribution is 5.42. The Labute approximate surface area is 122 Å². The van der Waals surface area contributed by atoms with Crippen molar-refractivity contribution in [2.45, 2.75) is 52.6 Å². The molecule has 0 unspecified atom stereocenters. The first-order valence-electron chi connectivity index (χ1n) is 7.37. The Balaban J connectivity index is 2.29. The molecule has 0 aliphatic rings. The molecule has 1 aromatic heterocycles. The Kier molecular flexibility index (Phi) is 4.61. The first-order valence-corrected chi connectivity index (χ1v) is 7.37. The number of para-hydroxylation sites is 1. The Bertz CT molecular complexity index is 549. The quantitative estimate of drug-likeness (QED) is 0.898. The summed E-state index contributed by atoms with van der Waals surface area (Å²) in [5.41, 5.74) is 2.65. The van der Waals surface area contributed by atoms with Crippen molar-refractivity contribution in [2.75, 3.05) is 0 Å². The van der Waals surface area contributed by atoms with Crippen molar-refractivity contribution >= 4 is 0 Å². The summed E-state index contributed by atoms with van der Waals surface area (Å²) in [5, 5.41) is 3.56. The molecule has 0 fully saturated rings. The van der Waals surface area contributed by atoms with Gasteiger partial charge >= 0.3 is 0 Å². The minimum absolute atomic E-state index is 0.119. The summed E-state index contributed by atoms with van der Waals surface area (Å²) in [7, 11) is 0. The SMILES string of the molecule is CCCc1nccn1-c1ccccc1CNC(C)(C)C. The van der Waals surface area contributed by atoms with Gasteiger partial charge in [-0.05, 0) is 38.8 Å². The number of hydrogen-bond acceptors (Lipinski definition) is 2. The molecular formula is C17H25N3. The lowest BCUT2D eigenvalue weighted by atomic mass is 10.1. The average Bonchev–Trinajstić information content (AvgIpc) is 2.84. The van der Waals surface area contributed by atoms with Crippen LogP contribution in [0.15, 0.2) is 36.7 Å². The molecule has 0 aliphatic heterocycles. The molecule has 0 saturated carbocycles. The van der Waals surface area contributed by atoms with Crippen molar-refractivity contribution in [3.8, 4) is 5.69 Å². The number of aromatic nitrogens is 2. The van der Waals surface area contributed by atoms with Crippen LogP contribution in [-0.4, -0.2) is 15.1 Å². The van der Waals surface area contributed by atoms with Crippen LogP contribution in [0.1, 0.15) is 45.5 Å². The fraction of sp³-hybridized carbons (Fsp3) is 0.471. The van der Waals surface area contributed by atoms with E-state index in [1.54, 1.807) is 0 Å². The van der Waals surface area contributed by atoms with Crippen molar-refractivity contribution in [2.24, 2.45) is 0 Å². The minimum Gasteiger partial charge on any atom is -0.308 e. The number of rotatable bonds is 5. The molecule has 0 spiro atoms. The summed E-state index contributed by atoms with van der Waals surface area (Å²) in [6.07, 6.45) is 6.06. The third-order valence-corrected chi connectivity index (χ3v) is 3.25. The third-order valence-electron chi connectivity index (χ3n) is 3.25. The highest BCUT2D eigenvalue weighted by Gasteiger charge is 2.12. The zero-order chi connectivity index (χ0) is 14.6. The monoisotopic (exact) mass is 271 g/mol. The molecule has 2 aromatic rings. The van der Waals surface area contributed by atoms with E-state index in [4.69, 9.17) is 0 Å². The van der Waals surface area contributed by atoms with E-state index in [1.807, 2.05) is 6.20 Å². The van der Waals surface area contributed by atoms with Gasteiger partial charge in [0.25, 0.3) is 0 Å². The van der Waals surface area contributed by atoms with Crippen molar-refractivity contribution in [3.05, 3.63) is 48.0 Å². The van der Waals surface area contributed by atoms with Crippen LogP contribution in [0.25, 0.3) is 5.69 Å². The normalized spacial score (nSPS) is 11.8. The highest BCUT2D eigenvalue weighted by atomic mass is 15.1. The predicted molar refractivity (Wildman–Crippen MR) is 84.2 cm³/mol. The van der Waals surface area contributed by atoms with Crippen LogP contribution in [0.2, 0.25) is 0 Å². The van der Waals surface area contributed by atoms with E-state index in [2.05, 4.69) is 73.0 Å². The zero-order valence-electron chi connectivity index (χ0n) is 13.0. The molecule has 2 rings (SSSR count). The summed E-state index contributed by atoms with van der Waals surface area (Å²) in [6, 6.07) is 8.54. The van der Waals surface area contributed by atoms with E-state index in [9.17, 15) is 0 Å². The zero-order valence-corrected chi connectivity index (χ0v) is 13.0. The number of nitrogens with one attached hydrogen (secondary N) is 1. The molecule has 3 heteroatoms. The molecule has 1 aromatic carbocycles. The Morgan fingerprint density at radius 1 is 1.20 bits per heavy atom. The number of aryl methyl sites for hydroxylation is 1. The first-order chi connectivity index (χ1) is 9.51. The first kappa shape index (κ1) is 14.8. The summed E-state index contributed by atoms with van der Waals surface area (Å²) in [6.45, 7) is 9.62. The summed E-state index contributed by atoms with van der Waals surface area (Å²) in [5.74, 6) is 1.13. The van der Waals surface area contributed by atoms with Gasteiger partial charge in [-0.25, -0.2) is 4.98 Å². The molecule has 0 aliphatic carbocycles. The average molecular weight is 271 g/mol. The second kappa shape index (κ2) is 6.23. The van der Waals surface area contributed by atoms with Gasteiger partial charge in [0.1, 0.15) is 5.82 Å². The molecule has 1 N–H and O–H groups in total. The molecule has 0 amide bonds. The van der Waals surface area contributed by atoms with Crippen LogP contribution in [-0.2, 0) is 13.0 Å².